The van der Waals surface area contributed by atoms with Gasteiger partial charge in [0.1, 0.15) is 6.10 Å². The van der Waals surface area contributed by atoms with Gasteiger partial charge in [-0.2, -0.15) is 5.10 Å². The van der Waals surface area contributed by atoms with Gasteiger partial charge in [-0.05, 0) is 39.0 Å². The van der Waals surface area contributed by atoms with Gasteiger partial charge in [-0.15, -0.1) is 0 Å². The van der Waals surface area contributed by atoms with E-state index in [0.29, 0.717) is 29.5 Å². The van der Waals surface area contributed by atoms with Crippen LogP contribution in [0.5, 0.6) is 0 Å². The topological polar surface area (TPSA) is 70.1 Å². The van der Waals surface area contributed by atoms with Crippen LogP contribution in [0.2, 0.25) is 0 Å². The van der Waals surface area contributed by atoms with E-state index in [9.17, 15) is 4.79 Å². The molecule has 1 heterocycles. The van der Waals surface area contributed by atoms with Crippen LogP contribution in [0.4, 0.5) is 5.69 Å². The van der Waals surface area contributed by atoms with Crippen molar-refractivity contribution in [3.8, 4) is 0 Å². The van der Waals surface area contributed by atoms with Crippen molar-refractivity contribution in [1.82, 2.24) is 9.78 Å². The van der Waals surface area contributed by atoms with E-state index in [1.807, 2.05) is 13.8 Å². The van der Waals surface area contributed by atoms with Gasteiger partial charge in [0.15, 0.2) is 5.69 Å². The molecule has 2 rings (SSSR count). The lowest BCUT2D eigenvalue weighted by atomic mass is 9.88. The summed E-state index contributed by atoms with van der Waals surface area (Å²) in [5.74, 6) is 0.0942. The molecule has 2 atom stereocenters. The Labute approximate surface area is 114 Å². The number of aromatic nitrogens is 2. The molecule has 1 aliphatic rings. The van der Waals surface area contributed by atoms with Gasteiger partial charge >= 0.3 is 5.97 Å². The number of hydrogen-bond acceptors (Lipinski definition) is 4. The SMILES string of the molecule is CCn1nc(C)c(N)c1C(=O)OC1CCCCC1C. The fraction of sp³-hybridized carbons (Fsp3) is 0.714. The summed E-state index contributed by atoms with van der Waals surface area (Å²) in [6, 6.07) is 0. The maximum Gasteiger partial charge on any atom is 0.359 e. The molecule has 0 bridgehead atoms. The number of nitrogens with zero attached hydrogens (tertiary/aromatic N) is 2. The molecule has 0 aliphatic heterocycles. The second kappa shape index (κ2) is 5.63. The Hall–Kier alpha value is -1.52. The standard InChI is InChI=1S/C14H23N3O2/c1-4-17-13(12(15)10(3)16-17)14(18)19-11-8-6-5-7-9(11)2/h9,11H,4-8,15H2,1-3H3. The molecule has 1 saturated carbocycles. The van der Waals surface area contributed by atoms with E-state index in [0.717, 1.165) is 19.3 Å². The van der Waals surface area contributed by atoms with E-state index in [1.54, 1.807) is 4.68 Å². The summed E-state index contributed by atoms with van der Waals surface area (Å²) in [5, 5.41) is 4.25. The molecule has 106 valence electrons. The zero-order chi connectivity index (χ0) is 14.0. The lowest BCUT2D eigenvalue weighted by Gasteiger charge is -2.28. The summed E-state index contributed by atoms with van der Waals surface area (Å²) in [6.45, 7) is 6.50. The Balaban J connectivity index is 2.15. The van der Waals surface area contributed by atoms with E-state index in [4.69, 9.17) is 10.5 Å². The van der Waals surface area contributed by atoms with E-state index in [1.165, 1.54) is 6.42 Å². The van der Waals surface area contributed by atoms with Crippen LogP contribution < -0.4 is 5.73 Å². The van der Waals surface area contributed by atoms with Crippen LogP contribution in [-0.2, 0) is 11.3 Å². The minimum absolute atomic E-state index is 0.0150. The fourth-order valence-electron chi connectivity index (χ4n) is 2.69. The summed E-state index contributed by atoms with van der Waals surface area (Å²) < 4.78 is 7.27. The lowest BCUT2D eigenvalue weighted by Crippen LogP contribution is -2.29. The molecular formula is C14H23N3O2. The number of carbonyl (C=O) groups excluding carboxylic acids is 1. The first-order valence-electron chi connectivity index (χ1n) is 7.08. The van der Waals surface area contributed by atoms with Crippen molar-refractivity contribution in [3.63, 3.8) is 0 Å². The number of anilines is 1. The lowest BCUT2D eigenvalue weighted by molar-refractivity contribution is 0.00371. The first-order chi connectivity index (χ1) is 9.04. The van der Waals surface area contributed by atoms with Crippen LogP contribution in [0.1, 0.15) is 55.7 Å². The molecule has 2 unspecified atom stereocenters. The van der Waals surface area contributed by atoms with Crippen molar-refractivity contribution in [2.24, 2.45) is 5.92 Å². The highest BCUT2D eigenvalue weighted by molar-refractivity contribution is 5.93. The average molecular weight is 265 g/mol. The van der Waals surface area contributed by atoms with Crippen LogP contribution in [0, 0.1) is 12.8 Å². The molecule has 1 aliphatic carbocycles. The predicted octanol–water partition coefficient (Wildman–Crippen LogP) is 2.53. The fourth-order valence-corrected chi connectivity index (χ4v) is 2.69. The highest BCUT2D eigenvalue weighted by atomic mass is 16.5. The highest BCUT2D eigenvalue weighted by Crippen LogP contribution is 2.28. The van der Waals surface area contributed by atoms with Gasteiger partial charge in [-0.1, -0.05) is 13.3 Å². The third-order valence-electron chi connectivity index (χ3n) is 3.96. The van der Waals surface area contributed by atoms with Crippen molar-refractivity contribution in [2.75, 3.05) is 5.73 Å². The van der Waals surface area contributed by atoms with Crippen LogP contribution in [0.25, 0.3) is 0 Å². The minimum atomic E-state index is -0.335. The molecule has 1 aromatic heterocycles. The van der Waals surface area contributed by atoms with Crippen molar-refractivity contribution < 1.29 is 9.53 Å². The van der Waals surface area contributed by atoms with Crippen LogP contribution in [-0.4, -0.2) is 21.9 Å². The first-order valence-corrected chi connectivity index (χ1v) is 7.08. The molecule has 0 radical (unpaired) electrons. The maximum atomic E-state index is 12.3. The molecule has 0 saturated heterocycles. The number of hydrogen-bond donors (Lipinski definition) is 1. The predicted molar refractivity (Wildman–Crippen MR) is 73.9 cm³/mol. The number of rotatable bonds is 3. The number of ether oxygens (including phenoxy) is 1. The Bertz CT molecular complexity index is 468. The zero-order valence-corrected chi connectivity index (χ0v) is 12.0. The molecule has 0 spiro atoms. The maximum absolute atomic E-state index is 12.3. The van der Waals surface area contributed by atoms with E-state index in [-0.39, 0.29) is 12.1 Å². The Kier molecular flexibility index (Phi) is 4.12. The summed E-state index contributed by atoms with van der Waals surface area (Å²) >= 11 is 0. The van der Waals surface area contributed by atoms with Crippen LogP contribution in [0.3, 0.4) is 0 Å². The Morgan fingerprint density at radius 3 is 2.79 bits per heavy atom. The average Bonchev–Trinajstić information content (AvgIpc) is 2.68. The van der Waals surface area contributed by atoms with Gasteiger partial charge in [-0.3, -0.25) is 4.68 Å². The largest absolute Gasteiger partial charge is 0.457 e. The van der Waals surface area contributed by atoms with Gasteiger partial charge in [0.05, 0.1) is 11.4 Å². The molecule has 1 fully saturated rings. The van der Waals surface area contributed by atoms with E-state index in [2.05, 4.69) is 12.0 Å². The van der Waals surface area contributed by atoms with Crippen molar-refractivity contribution in [3.05, 3.63) is 11.4 Å². The van der Waals surface area contributed by atoms with Crippen LogP contribution >= 0.6 is 0 Å². The molecule has 1 aromatic rings. The third kappa shape index (κ3) is 2.74. The minimum Gasteiger partial charge on any atom is -0.457 e. The molecule has 5 heteroatoms. The van der Waals surface area contributed by atoms with Crippen molar-refractivity contribution >= 4 is 11.7 Å². The Morgan fingerprint density at radius 1 is 1.47 bits per heavy atom. The monoisotopic (exact) mass is 265 g/mol. The van der Waals surface area contributed by atoms with E-state index < -0.39 is 0 Å². The van der Waals surface area contributed by atoms with Gasteiger partial charge in [0.2, 0.25) is 0 Å². The third-order valence-corrected chi connectivity index (χ3v) is 3.96. The molecular weight excluding hydrogens is 242 g/mol. The molecule has 19 heavy (non-hydrogen) atoms. The summed E-state index contributed by atoms with van der Waals surface area (Å²) in [5.41, 5.74) is 7.46. The summed E-state index contributed by atoms with van der Waals surface area (Å²) in [4.78, 5) is 12.3. The second-order valence-electron chi connectivity index (χ2n) is 5.37. The normalized spacial score (nSPS) is 23.3. The van der Waals surface area contributed by atoms with Crippen molar-refractivity contribution in [2.45, 2.75) is 59.1 Å². The van der Waals surface area contributed by atoms with E-state index >= 15 is 0 Å². The highest BCUT2D eigenvalue weighted by Gasteiger charge is 2.28. The van der Waals surface area contributed by atoms with Crippen molar-refractivity contribution in [1.29, 1.82) is 0 Å². The van der Waals surface area contributed by atoms with Crippen LogP contribution in [0.15, 0.2) is 0 Å². The van der Waals surface area contributed by atoms with Gasteiger partial charge in [0.25, 0.3) is 0 Å². The summed E-state index contributed by atoms with van der Waals surface area (Å²) in [7, 11) is 0. The number of aryl methyl sites for hydroxylation is 2. The summed E-state index contributed by atoms with van der Waals surface area (Å²) in [6.07, 6.45) is 4.44. The smallest absolute Gasteiger partial charge is 0.359 e. The molecule has 0 amide bonds. The molecule has 2 N–H and O–H groups in total. The quantitative estimate of drug-likeness (QED) is 0.853. The first kappa shape index (κ1) is 13.9. The Morgan fingerprint density at radius 2 is 2.16 bits per heavy atom. The molecule has 0 aromatic carbocycles. The number of carbonyl (C=O) groups is 1. The second-order valence-corrected chi connectivity index (χ2v) is 5.37. The number of esters is 1. The molecule has 5 nitrogen and oxygen atoms in total. The van der Waals surface area contributed by atoms with Gasteiger partial charge in [0, 0.05) is 6.54 Å². The zero-order valence-electron chi connectivity index (χ0n) is 12.0. The number of nitrogen functional groups attached to an aromatic ring is 1. The van der Waals surface area contributed by atoms with Gasteiger partial charge in [-0.25, -0.2) is 4.79 Å². The van der Waals surface area contributed by atoms with Gasteiger partial charge < -0.3 is 10.5 Å². The number of nitrogens with two attached hydrogens (primary N) is 1.